The Kier molecular flexibility index (Phi) is 7.26. The van der Waals surface area contributed by atoms with Crippen LogP contribution in [0.25, 0.3) is 0 Å². The van der Waals surface area contributed by atoms with E-state index in [2.05, 4.69) is 37.1 Å². The molecule has 1 rings (SSSR count). The summed E-state index contributed by atoms with van der Waals surface area (Å²) in [6, 6.07) is 2.86. The van der Waals surface area contributed by atoms with E-state index in [0.717, 1.165) is 45.5 Å². The zero-order valence-electron chi connectivity index (χ0n) is 12.0. The van der Waals surface area contributed by atoms with E-state index in [1.165, 1.54) is 0 Å². The van der Waals surface area contributed by atoms with Gasteiger partial charge in [-0.2, -0.15) is 5.26 Å². The van der Waals surface area contributed by atoms with Crippen LogP contribution in [0.15, 0.2) is 0 Å². The van der Waals surface area contributed by atoms with Crippen molar-refractivity contribution in [2.24, 2.45) is 0 Å². The van der Waals surface area contributed by atoms with E-state index in [1.807, 2.05) is 0 Å². The molecule has 0 radical (unpaired) electrons. The number of rotatable bonds is 7. The molecule has 0 aromatic heterocycles. The molecule has 1 fully saturated rings. The van der Waals surface area contributed by atoms with Gasteiger partial charge in [-0.25, -0.2) is 0 Å². The lowest BCUT2D eigenvalue weighted by Crippen LogP contribution is -2.49. The Balaban J connectivity index is 2.36. The van der Waals surface area contributed by atoms with Crippen molar-refractivity contribution in [1.82, 2.24) is 10.2 Å². The summed E-state index contributed by atoms with van der Waals surface area (Å²) in [6.07, 6.45) is 3.41. The minimum atomic E-state index is -0.0133. The summed E-state index contributed by atoms with van der Waals surface area (Å²) in [5.74, 6) is 0. The van der Waals surface area contributed by atoms with Crippen LogP contribution in [-0.2, 0) is 4.74 Å². The highest BCUT2D eigenvalue weighted by Crippen LogP contribution is 2.15. The van der Waals surface area contributed by atoms with Crippen LogP contribution in [0.4, 0.5) is 0 Å². The van der Waals surface area contributed by atoms with Gasteiger partial charge in [0, 0.05) is 19.1 Å². The van der Waals surface area contributed by atoms with Gasteiger partial charge in [-0.1, -0.05) is 13.8 Å². The highest BCUT2D eigenvalue weighted by atomic mass is 16.5. The predicted molar refractivity (Wildman–Crippen MR) is 73.4 cm³/mol. The van der Waals surface area contributed by atoms with E-state index in [-0.39, 0.29) is 6.04 Å². The quantitative estimate of drug-likeness (QED) is 0.751. The molecule has 0 aromatic rings. The maximum Gasteiger partial charge on any atom is 0.0965 e. The molecule has 4 nitrogen and oxygen atoms in total. The lowest BCUT2D eigenvalue weighted by Gasteiger charge is -2.38. The van der Waals surface area contributed by atoms with Gasteiger partial charge in [-0.05, 0) is 32.7 Å². The molecule has 0 aliphatic carbocycles. The van der Waals surface area contributed by atoms with Gasteiger partial charge >= 0.3 is 0 Å². The van der Waals surface area contributed by atoms with E-state index < -0.39 is 0 Å². The summed E-state index contributed by atoms with van der Waals surface area (Å²) in [7, 11) is 0. The second-order valence-corrected chi connectivity index (χ2v) is 5.13. The molecule has 1 saturated heterocycles. The first-order valence-electron chi connectivity index (χ1n) is 7.19. The second-order valence-electron chi connectivity index (χ2n) is 5.13. The number of ether oxygens (including phenoxy) is 1. The number of nitrogens with one attached hydrogen (secondary N) is 1. The first-order valence-corrected chi connectivity index (χ1v) is 7.19. The molecule has 0 aromatic carbocycles. The van der Waals surface area contributed by atoms with Crippen molar-refractivity contribution in [2.75, 3.05) is 26.2 Å². The monoisotopic (exact) mass is 253 g/mol. The average Bonchev–Trinajstić information content (AvgIpc) is 2.39. The molecule has 4 heteroatoms. The van der Waals surface area contributed by atoms with Gasteiger partial charge in [0.05, 0.1) is 24.8 Å². The van der Waals surface area contributed by atoms with E-state index in [9.17, 15) is 0 Å². The first kappa shape index (κ1) is 15.4. The van der Waals surface area contributed by atoms with Crippen molar-refractivity contribution in [2.45, 2.75) is 58.2 Å². The predicted octanol–water partition coefficient (Wildman–Crippen LogP) is 1.77. The Labute approximate surface area is 111 Å². The highest BCUT2D eigenvalue weighted by Gasteiger charge is 2.25. The average molecular weight is 253 g/mol. The summed E-state index contributed by atoms with van der Waals surface area (Å²) in [5, 5.41) is 12.4. The SMILES string of the molecule is CCCNC(C#N)CCN1CC(C)OCC1CC. The zero-order chi connectivity index (χ0) is 13.4. The standard InChI is InChI=1S/C14H27N3O/c1-4-7-16-13(9-15)6-8-17-10-12(3)18-11-14(17)5-2/h12-14,16H,4-8,10-11H2,1-3H3. The summed E-state index contributed by atoms with van der Waals surface area (Å²) >= 11 is 0. The van der Waals surface area contributed by atoms with Crippen LogP contribution < -0.4 is 5.32 Å². The van der Waals surface area contributed by atoms with Crippen molar-refractivity contribution in [3.63, 3.8) is 0 Å². The number of morpholine rings is 1. The molecule has 0 bridgehead atoms. The molecule has 104 valence electrons. The van der Waals surface area contributed by atoms with Crippen molar-refractivity contribution in [3.8, 4) is 6.07 Å². The van der Waals surface area contributed by atoms with Crippen molar-refractivity contribution < 1.29 is 4.74 Å². The number of hydrogen-bond acceptors (Lipinski definition) is 4. The van der Waals surface area contributed by atoms with Crippen LogP contribution in [0.3, 0.4) is 0 Å². The normalized spacial score (nSPS) is 26.8. The first-order chi connectivity index (χ1) is 8.71. The van der Waals surface area contributed by atoms with Gasteiger partial charge in [-0.15, -0.1) is 0 Å². The third kappa shape index (κ3) is 4.93. The van der Waals surface area contributed by atoms with E-state index in [4.69, 9.17) is 10.00 Å². The Hall–Kier alpha value is -0.630. The van der Waals surface area contributed by atoms with Gasteiger partial charge in [0.15, 0.2) is 0 Å². The summed E-state index contributed by atoms with van der Waals surface area (Å²) in [5.41, 5.74) is 0. The van der Waals surface area contributed by atoms with Crippen LogP contribution in [0, 0.1) is 11.3 Å². The Morgan fingerprint density at radius 2 is 2.28 bits per heavy atom. The van der Waals surface area contributed by atoms with Gasteiger partial charge in [-0.3, -0.25) is 4.90 Å². The summed E-state index contributed by atoms with van der Waals surface area (Å²) in [6.45, 7) is 10.2. The van der Waals surface area contributed by atoms with Crippen LogP contribution in [0.5, 0.6) is 0 Å². The maximum atomic E-state index is 9.10. The molecular formula is C14H27N3O. The third-order valence-electron chi connectivity index (χ3n) is 3.55. The Morgan fingerprint density at radius 1 is 1.50 bits per heavy atom. The van der Waals surface area contributed by atoms with E-state index in [0.29, 0.717) is 12.1 Å². The topological polar surface area (TPSA) is 48.3 Å². The summed E-state index contributed by atoms with van der Waals surface area (Å²) < 4.78 is 5.69. The van der Waals surface area contributed by atoms with Gasteiger partial charge in [0.2, 0.25) is 0 Å². The van der Waals surface area contributed by atoms with Gasteiger partial charge < -0.3 is 10.1 Å². The van der Waals surface area contributed by atoms with E-state index >= 15 is 0 Å². The van der Waals surface area contributed by atoms with Crippen molar-refractivity contribution in [3.05, 3.63) is 0 Å². The van der Waals surface area contributed by atoms with E-state index in [1.54, 1.807) is 0 Å². The van der Waals surface area contributed by atoms with Crippen molar-refractivity contribution >= 4 is 0 Å². The fourth-order valence-electron chi connectivity index (χ4n) is 2.39. The van der Waals surface area contributed by atoms with Crippen molar-refractivity contribution in [1.29, 1.82) is 5.26 Å². The van der Waals surface area contributed by atoms with Crippen LogP contribution in [0.2, 0.25) is 0 Å². The second kappa shape index (κ2) is 8.47. The third-order valence-corrected chi connectivity index (χ3v) is 3.55. The fourth-order valence-corrected chi connectivity index (χ4v) is 2.39. The molecule has 1 heterocycles. The largest absolute Gasteiger partial charge is 0.376 e. The fraction of sp³-hybridized carbons (Fsp3) is 0.929. The minimum Gasteiger partial charge on any atom is -0.376 e. The molecule has 0 spiro atoms. The summed E-state index contributed by atoms with van der Waals surface area (Å²) in [4.78, 5) is 2.48. The Bertz CT molecular complexity index is 264. The molecule has 1 aliphatic heterocycles. The molecule has 0 saturated carbocycles. The molecule has 3 unspecified atom stereocenters. The molecule has 3 atom stereocenters. The lowest BCUT2D eigenvalue weighted by molar-refractivity contribution is -0.0563. The molecular weight excluding hydrogens is 226 g/mol. The minimum absolute atomic E-state index is 0.0133. The van der Waals surface area contributed by atoms with Crippen LogP contribution in [-0.4, -0.2) is 49.3 Å². The van der Waals surface area contributed by atoms with Gasteiger partial charge in [0.1, 0.15) is 0 Å². The Morgan fingerprint density at radius 3 is 2.89 bits per heavy atom. The number of hydrogen-bond donors (Lipinski definition) is 1. The zero-order valence-corrected chi connectivity index (χ0v) is 12.0. The van der Waals surface area contributed by atoms with Crippen LogP contribution in [0.1, 0.15) is 40.0 Å². The number of nitriles is 1. The number of nitrogens with zero attached hydrogens (tertiary/aromatic N) is 2. The maximum absolute atomic E-state index is 9.10. The molecule has 18 heavy (non-hydrogen) atoms. The smallest absolute Gasteiger partial charge is 0.0965 e. The molecule has 1 N–H and O–H groups in total. The lowest BCUT2D eigenvalue weighted by atomic mass is 10.1. The molecule has 1 aliphatic rings. The van der Waals surface area contributed by atoms with Crippen LogP contribution >= 0.6 is 0 Å². The molecule has 0 amide bonds. The van der Waals surface area contributed by atoms with Gasteiger partial charge in [0.25, 0.3) is 0 Å². The highest BCUT2D eigenvalue weighted by molar-refractivity contribution is 4.91.